The Morgan fingerprint density at radius 1 is 1.12 bits per heavy atom. The zero-order valence-corrected chi connectivity index (χ0v) is 14.3. The lowest BCUT2D eigenvalue weighted by Crippen LogP contribution is -2.21. The number of carbonyl (C=O) groups is 1. The molecule has 1 heterocycles. The fourth-order valence-corrected chi connectivity index (χ4v) is 2.53. The third-order valence-corrected chi connectivity index (χ3v) is 3.80. The second kappa shape index (κ2) is 7.90. The quantitative estimate of drug-likeness (QED) is 0.763. The van der Waals surface area contributed by atoms with Gasteiger partial charge in [0.25, 0.3) is 5.91 Å². The molecule has 0 fully saturated rings. The molecule has 0 aliphatic heterocycles. The SMILES string of the molecule is CCN(c1ccccc1)c1nccc(C(=O)Nc2ccccc2C#N)n1. The van der Waals surface area contributed by atoms with Crippen molar-refractivity contribution >= 4 is 23.2 Å². The van der Waals surface area contributed by atoms with Crippen LogP contribution in [-0.4, -0.2) is 22.4 Å². The van der Waals surface area contributed by atoms with Crippen molar-refractivity contribution in [3.05, 3.63) is 78.1 Å². The first-order valence-corrected chi connectivity index (χ1v) is 8.19. The Balaban J connectivity index is 1.87. The number of nitrogens with zero attached hydrogens (tertiary/aromatic N) is 4. The van der Waals surface area contributed by atoms with E-state index in [-0.39, 0.29) is 11.6 Å². The van der Waals surface area contributed by atoms with Crippen molar-refractivity contribution in [1.82, 2.24) is 9.97 Å². The molecule has 26 heavy (non-hydrogen) atoms. The van der Waals surface area contributed by atoms with Crippen molar-refractivity contribution in [3.8, 4) is 6.07 Å². The predicted octanol–water partition coefficient (Wildman–Crippen LogP) is 3.76. The highest BCUT2D eigenvalue weighted by Crippen LogP contribution is 2.21. The molecule has 0 aliphatic rings. The van der Waals surface area contributed by atoms with Crippen molar-refractivity contribution in [2.45, 2.75) is 6.92 Å². The average molecular weight is 343 g/mol. The summed E-state index contributed by atoms with van der Waals surface area (Å²) in [5.41, 5.74) is 2.03. The number of aromatic nitrogens is 2. The van der Waals surface area contributed by atoms with E-state index in [0.29, 0.717) is 23.7 Å². The third-order valence-electron chi connectivity index (χ3n) is 3.80. The number of rotatable bonds is 5. The normalized spacial score (nSPS) is 10.0. The summed E-state index contributed by atoms with van der Waals surface area (Å²) in [6, 6.07) is 20.2. The Hall–Kier alpha value is -3.72. The third kappa shape index (κ3) is 3.68. The van der Waals surface area contributed by atoms with E-state index >= 15 is 0 Å². The maximum Gasteiger partial charge on any atom is 0.274 e. The van der Waals surface area contributed by atoms with E-state index in [1.54, 1.807) is 36.5 Å². The summed E-state index contributed by atoms with van der Waals surface area (Å²) in [6.07, 6.45) is 1.55. The van der Waals surface area contributed by atoms with E-state index in [0.717, 1.165) is 5.69 Å². The van der Waals surface area contributed by atoms with E-state index in [2.05, 4.69) is 21.4 Å². The van der Waals surface area contributed by atoms with Crippen molar-refractivity contribution in [1.29, 1.82) is 5.26 Å². The molecule has 0 aliphatic carbocycles. The lowest BCUT2D eigenvalue weighted by atomic mass is 10.2. The van der Waals surface area contributed by atoms with Crippen LogP contribution >= 0.6 is 0 Å². The van der Waals surface area contributed by atoms with Gasteiger partial charge in [0, 0.05) is 18.4 Å². The molecule has 6 heteroatoms. The number of para-hydroxylation sites is 2. The van der Waals surface area contributed by atoms with Crippen LogP contribution < -0.4 is 10.2 Å². The maximum absolute atomic E-state index is 12.6. The van der Waals surface area contributed by atoms with Crippen LogP contribution in [0.5, 0.6) is 0 Å². The number of amides is 1. The van der Waals surface area contributed by atoms with Crippen molar-refractivity contribution < 1.29 is 4.79 Å². The van der Waals surface area contributed by atoms with Gasteiger partial charge in [-0.1, -0.05) is 30.3 Å². The minimum atomic E-state index is -0.388. The molecule has 0 radical (unpaired) electrons. The first-order valence-electron chi connectivity index (χ1n) is 8.19. The van der Waals surface area contributed by atoms with Gasteiger partial charge < -0.3 is 10.2 Å². The molecule has 0 bridgehead atoms. The number of hydrogen-bond acceptors (Lipinski definition) is 5. The first kappa shape index (κ1) is 17.1. The van der Waals surface area contributed by atoms with Gasteiger partial charge in [-0.15, -0.1) is 0 Å². The zero-order chi connectivity index (χ0) is 18.4. The maximum atomic E-state index is 12.6. The average Bonchev–Trinajstić information content (AvgIpc) is 2.70. The molecule has 0 atom stereocenters. The Morgan fingerprint density at radius 2 is 1.85 bits per heavy atom. The highest BCUT2D eigenvalue weighted by Gasteiger charge is 2.15. The summed E-state index contributed by atoms with van der Waals surface area (Å²) >= 11 is 0. The van der Waals surface area contributed by atoms with Crippen LogP contribution in [0.4, 0.5) is 17.3 Å². The monoisotopic (exact) mass is 343 g/mol. The van der Waals surface area contributed by atoms with Crippen LogP contribution in [0.1, 0.15) is 23.0 Å². The van der Waals surface area contributed by atoms with Crippen molar-refractivity contribution in [3.63, 3.8) is 0 Å². The fourth-order valence-electron chi connectivity index (χ4n) is 2.53. The van der Waals surface area contributed by atoms with E-state index in [9.17, 15) is 4.79 Å². The van der Waals surface area contributed by atoms with Crippen LogP contribution in [0.25, 0.3) is 0 Å². The Labute approximate surface area is 151 Å². The molecule has 6 nitrogen and oxygen atoms in total. The standard InChI is InChI=1S/C20H17N5O/c1-2-25(16-9-4-3-5-10-16)20-22-13-12-18(24-20)19(26)23-17-11-7-6-8-15(17)14-21/h3-13H,2H2,1H3,(H,23,26). The Kier molecular flexibility index (Phi) is 5.20. The van der Waals surface area contributed by atoms with E-state index in [1.165, 1.54) is 0 Å². The molecular formula is C20H17N5O. The minimum absolute atomic E-state index is 0.233. The molecule has 3 aromatic rings. The molecule has 0 saturated carbocycles. The van der Waals surface area contributed by atoms with Crippen LogP contribution in [0.15, 0.2) is 66.9 Å². The largest absolute Gasteiger partial charge is 0.319 e. The van der Waals surface area contributed by atoms with Gasteiger partial charge >= 0.3 is 0 Å². The van der Waals surface area contributed by atoms with E-state index in [1.807, 2.05) is 42.2 Å². The molecule has 1 amide bonds. The smallest absolute Gasteiger partial charge is 0.274 e. The van der Waals surface area contributed by atoms with Crippen LogP contribution in [0, 0.1) is 11.3 Å². The van der Waals surface area contributed by atoms with Crippen molar-refractivity contribution in [2.24, 2.45) is 0 Å². The number of hydrogen-bond donors (Lipinski definition) is 1. The molecule has 0 saturated heterocycles. The second-order valence-electron chi connectivity index (χ2n) is 5.43. The highest BCUT2D eigenvalue weighted by molar-refractivity contribution is 6.03. The molecule has 2 aromatic carbocycles. The van der Waals surface area contributed by atoms with Gasteiger partial charge in [0.1, 0.15) is 11.8 Å². The lowest BCUT2D eigenvalue weighted by molar-refractivity contribution is 0.102. The van der Waals surface area contributed by atoms with Gasteiger partial charge in [-0.05, 0) is 37.3 Å². The summed E-state index contributed by atoms with van der Waals surface area (Å²) in [5.74, 6) is 0.0559. The first-order chi connectivity index (χ1) is 12.7. The predicted molar refractivity (Wildman–Crippen MR) is 100 cm³/mol. The molecule has 3 rings (SSSR count). The summed E-state index contributed by atoms with van der Waals surface area (Å²) in [7, 11) is 0. The van der Waals surface area contributed by atoms with Gasteiger partial charge in [-0.2, -0.15) is 5.26 Å². The number of benzene rings is 2. The second-order valence-corrected chi connectivity index (χ2v) is 5.43. The molecule has 1 N–H and O–H groups in total. The molecule has 0 unspecified atom stereocenters. The van der Waals surface area contributed by atoms with Gasteiger partial charge in [0.2, 0.25) is 5.95 Å². The van der Waals surface area contributed by atoms with Gasteiger partial charge in [-0.25, -0.2) is 9.97 Å². The summed E-state index contributed by atoms with van der Waals surface area (Å²) in [4.78, 5) is 23.2. The van der Waals surface area contributed by atoms with E-state index < -0.39 is 0 Å². The summed E-state index contributed by atoms with van der Waals surface area (Å²) < 4.78 is 0. The van der Waals surface area contributed by atoms with Crippen molar-refractivity contribution in [2.75, 3.05) is 16.8 Å². The Bertz CT molecular complexity index is 950. The lowest BCUT2D eigenvalue weighted by Gasteiger charge is -2.21. The number of anilines is 3. The fraction of sp³-hybridized carbons (Fsp3) is 0.100. The van der Waals surface area contributed by atoms with Gasteiger partial charge in [0.15, 0.2) is 0 Å². The Morgan fingerprint density at radius 3 is 2.58 bits per heavy atom. The zero-order valence-electron chi connectivity index (χ0n) is 14.3. The highest BCUT2D eigenvalue weighted by atomic mass is 16.1. The molecule has 128 valence electrons. The van der Waals surface area contributed by atoms with Gasteiger partial charge in [0.05, 0.1) is 11.3 Å². The van der Waals surface area contributed by atoms with Gasteiger partial charge in [-0.3, -0.25) is 4.79 Å². The summed E-state index contributed by atoms with van der Waals surface area (Å²) in [5, 5.41) is 11.9. The molecule has 1 aromatic heterocycles. The minimum Gasteiger partial charge on any atom is -0.319 e. The molecular weight excluding hydrogens is 326 g/mol. The number of carbonyl (C=O) groups excluding carboxylic acids is 1. The molecule has 0 spiro atoms. The van der Waals surface area contributed by atoms with E-state index in [4.69, 9.17) is 5.26 Å². The van der Waals surface area contributed by atoms with Crippen LogP contribution in [-0.2, 0) is 0 Å². The van der Waals surface area contributed by atoms with Crippen LogP contribution in [0.2, 0.25) is 0 Å². The van der Waals surface area contributed by atoms with Crippen LogP contribution in [0.3, 0.4) is 0 Å². The summed E-state index contributed by atoms with van der Waals surface area (Å²) in [6.45, 7) is 2.65. The number of nitrogens with one attached hydrogen (secondary N) is 1. The topological polar surface area (TPSA) is 81.9 Å². The number of nitriles is 1.